The molecule has 0 amide bonds. The minimum atomic E-state index is -0.447. The predicted octanol–water partition coefficient (Wildman–Crippen LogP) is 4.25. The standard InChI is InChI=1S/C19H20FN5O/c1-12(2)22-19-24-16(15-6-4-5-9-21-15)11-18(25-19)23-13-7-8-17(26-3)14(20)10-13/h4-12H,1-3H3,(H2,22,23,24,25). The van der Waals surface area contributed by atoms with Crippen LogP contribution in [0.1, 0.15) is 13.8 Å². The van der Waals surface area contributed by atoms with Gasteiger partial charge in [0.25, 0.3) is 0 Å². The molecule has 0 saturated heterocycles. The van der Waals surface area contributed by atoms with Crippen molar-refractivity contribution in [3.63, 3.8) is 0 Å². The van der Waals surface area contributed by atoms with Crippen molar-refractivity contribution in [3.8, 4) is 17.1 Å². The van der Waals surface area contributed by atoms with E-state index in [1.807, 2.05) is 32.0 Å². The number of rotatable bonds is 6. The molecular formula is C19H20FN5O. The Morgan fingerprint density at radius 3 is 2.54 bits per heavy atom. The molecule has 3 rings (SSSR count). The molecule has 0 fully saturated rings. The molecule has 0 unspecified atom stereocenters. The molecule has 2 aromatic heterocycles. The number of pyridine rings is 1. The highest BCUT2D eigenvalue weighted by Gasteiger charge is 2.10. The summed E-state index contributed by atoms with van der Waals surface area (Å²) in [6.07, 6.45) is 1.71. The third-order valence-corrected chi connectivity index (χ3v) is 3.50. The van der Waals surface area contributed by atoms with E-state index >= 15 is 0 Å². The molecule has 134 valence electrons. The Bertz CT molecular complexity index is 886. The Morgan fingerprint density at radius 2 is 1.88 bits per heavy atom. The number of nitrogens with zero attached hydrogens (tertiary/aromatic N) is 3. The van der Waals surface area contributed by atoms with Crippen molar-refractivity contribution in [1.29, 1.82) is 0 Å². The van der Waals surface area contributed by atoms with Gasteiger partial charge in [-0.25, -0.2) is 9.37 Å². The van der Waals surface area contributed by atoms with Gasteiger partial charge in [-0.3, -0.25) is 4.98 Å². The Kier molecular flexibility index (Phi) is 5.26. The van der Waals surface area contributed by atoms with Crippen LogP contribution in [0.2, 0.25) is 0 Å². The molecule has 6 nitrogen and oxygen atoms in total. The number of hydrogen-bond acceptors (Lipinski definition) is 6. The van der Waals surface area contributed by atoms with Crippen molar-refractivity contribution in [3.05, 3.63) is 54.5 Å². The minimum absolute atomic E-state index is 0.167. The number of methoxy groups -OCH3 is 1. The summed E-state index contributed by atoms with van der Waals surface area (Å²) in [5.41, 5.74) is 1.95. The van der Waals surface area contributed by atoms with E-state index in [2.05, 4.69) is 25.6 Å². The van der Waals surface area contributed by atoms with Crippen LogP contribution in [-0.2, 0) is 0 Å². The van der Waals surface area contributed by atoms with E-state index in [-0.39, 0.29) is 11.8 Å². The van der Waals surface area contributed by atoms with Gasteiger partial charge in [0.2, 0.25) is 5.95 Å². The molecule has 26 heavy (non-hydrogen) atoms. The van der Waals surface area contributed by atoms with Crippen molar-refractivity contribution in [1.82, 2.24) is 15.0 Å². The maximum Gasteiger partial charge on any atom is 0.225 e. The lowest BCUT2D eigenvalue weighted by Gasteiger charge is -2.13. The van der Waals surface area contributed by atoms with Gasteiger partial charge in [0.15, 0.2) is 11.6 Å². The Balaban J connectivity index is 1.96. The molecule has 0 aliphatic heterocycles. The van der Waals surface area contributed by atoms with Crippen molar-refractivity contribution in [2.75, 3.05) is 17.7 Å². The molecule has 1 aromatic carbocycles. The second-order valence-electron chi connectivity index (χ2n) is 5.95. The Morgan fingerprint density at radius 1 is 1.04 bits per heavy atom. The van der Waals surface area contributed by atoms with E-state index in [0.29, 0.717) is 23.1 Å². The number of aromatic nitrogens is 3. The molecule has 2 N–H and O–H groups in total. The fourth-order valence-corrected chi connectivity index (χ4v) is 2.37. The van der Waals surface area contributed by atoms with Crippen molar-refractivity contribution < 1.29 is 9.13 Å². The van der Waals surface area contributed by atoms with Gasteiger partial charge < -0.3 is 15.4 Å². The summed E-state index contributed by atoms with van der Waals surface area (Å²) in [4.78, 5) is 13.3. The maximum atomic E-state index is 13.9. The molecular weight excluding hydrogens is 333 g/mol. The average molecular weight is 353 g/mol. The summed E-state index contributed by atoms with van der Waals surface area (Å²) in [5.74, 6) is 0.750. The number of benzene rings is 1. The molecule has 0 atom stereocenters. The number of ether oxygens (including phenoxy) is 1. The average Bonchev–Trinajstić information content (AvgIpc) is 2.62. The smallest absolute Gasteiger partial charge is 0.225 e. The lowest BCUT2D eigenvalue weighted by Crippen LogP contribution is -2.13. The van der Waals surface area contributed by atoms with Crippen LogP contribution in [0.3, 0.4) is 0 Å². The second-order valence-corrected chi connectivity index (χ2v) is 5.95. The molecule has 0 bridgehead atoms. The SMILES string of the molecule is COc1ccc(Nc2cc(-c3ccccn3)nc(NC(C)C)n2)cc1F. The topological polar surface area (TPSA) is 72.0 Å². The third kappa shape index (κ3) is 4.24. The lowest BCUT2D eigenvalue weighted by atomic mass is 10.2. The first-order valence-corrected chi connectivity index (χ1v) is 8.23. The Labute approximate surface area is 151 Å². The van der Waals surface area contributed by atoms with Crippen LogP contribution < -0.4 is 15.4 Å². The first kappa shape index (κ1) is 17.6. The van der Waals surface area contributed by atoms with Gasteiger partial charge in [-0.2, -0.15) is 4.98 Å². The highest BCUT2D eigenvalue weighted by Crippen LogP contribution is 2.25. The molecule has 0 spiro atoms. The van der Waals surface area contributed by atoms with E-state index in [1.165, 1.54) is 13.2 Å². The fraction of sp³-hybridized carbons (Fsp3) is 0.211. The number of hydrogen-bond donors (Lipinski definition) is 2. The number of anilines is 3. The van der Waals surface area contributed by atoms with Gasteiger partial charge in [0.05, 0.1) is 18.5 Å². The summed E-state index contributed by atoms with van der Waals surface area (Å²) in [5, 5.41) is 6.29. The highest BCUT2D eigenvalue weighted by molar-refractivity contribution is 5.65. The molecule has 0 saturated carbocycles. The third-order valence-electron chi connectivity index (χ3n) is 3.50. The Hall–Kier alpha value is -3.22. The van der Waals surface area contributed by atoms with Gasteiger partial charge in [-0.1, -0.05) is 6.07 Å². The van der Waals surface area contributed by atoms with Crippen LogP contribution >= 0.6 is 0 Å². The molecule has 7 heteroatoms. The first-order chi connectivity index (χ1) is 12.5. The van der Waals surface area contributed by atoms with Crippen molar-refractivity contribution in [2.24, 2.45) is 0 Å². The van der Waals surface area contributed by atoms with Crippen LogP contribution in [0.25, 0.3) is 11.4 Å². The van der Waals surface area contributed by atoms with E-state index in [9.17, 15) is 4.39 Å². The summed E-state index contributed by atoms with van der Waals surface area (Å²) in [7, 11) is 1.43. The van der Waals surface area contributed by atoms with Crippen LogP contribution in [-0.4, -0.2) is 28.1 Å². The van der Waals surface area contributed by atoms with E-state index in [4.69, 9.17) is 4.74 Å². The van der Waals surface area contributed by atoms with E-state index < -0.39 is 5.82 Å². The van der Waals surface area contributed by atoms with Crippen molar-refractivity contribution in [2.45, 2.75) is 19.9 Å². The van der Waals surface area contributed by atoms with Crippen molar-refractivity contribution >= 4 is 17.5 Å². The minimum Gasteiger partial charge on any atom is -0.494 e. The zero-order chi connectivity index (χ0) is 18.5. The molecule has 0 aliphatic rings. The van der Waals surface area contributed by atoms with Gasteiger partial charge in [0, 0.05) is 30.1 Å². The largest absolute Gasteiger partial charge is 0.494 e. The molecule has 0 aliphatic carbocycles. The number of halogens is 1. The van der Waals surface area contributed by atoms with Gasteiger partial charge >= 0.3 is 0 Å². The molecule has 3 aromatic rings. The summed E-state index contributed by atoms with van der Waals surface area (Å²) >= 11 is 0. The van der Waals surface area contributed by atoms with Gasteiger partial charge in [0.1, 0.15) is 5.82 Å². The first-order valence-electron chi connectivity index (χ1n) is 8.23. The van der Waals surface area contributed by atoms with E-state index in [1.54, 1.807) is 24.4 Å². The predicted molar refractivity (Wildman–Crippen MR) is 100 cm³/mol. The summed E-state index contributed by atoms with van der Waals surface area (Å²) < 4.78 is 18.9. The van der Waals surface area contributed by atoms with Crippen LogP contribution in [0.15, 0.2) is 48.7 Å². The highest BCUT2D eigenvalue weighted by atomic mass is 19.1. The zero-order valence-electron chi connectivity index (χ0n) is 14.8. The monoisotopic (exact) mass is 353 g/mol. The second kappa shape index (κ2) is 7.77. The molecule has 2 heterocycles. The maximum absolute atomic E-state index is 13.9. The van der Waals surface area contributed by atoms with Crippen LogP contribution in [0.5, 0.6) is 5.75 Å². The van der Waals surface area contributed by atoms with Gasteiger partial charge in [-0.15, -0.1) is 0 Å². The van der Waals surface area contributed by atoms with Crippen LogP contribution in [0, 0.1) is 5.82 Å². The summed E-state index contributed by atoms with van der Waals surface area (Å²) in [6, 6.07) is 12.2. The van der Waals surface area contributed by atoms with Gasteiger partial charge in [-0.05, 0) is 38.1 Å². The molecule has 0 radical (unpaired) electrons. The summed E-state index contributed by atoms with van der Waals surface area (Å²) in [6.45, 7) is 4.01. The fourth-order valence-electron chi connectivity index (χ4n) is 2.37. The zero-order valence-corrected chi connectivity index (χ0v) is 14.8. The number of nitrogens with one attached hydrogen (secondary N) is 2. The lowest BCUT2D eigenvalue weighted by molar-refractivity contribution is 0.386. The normalized spacial score (nSPS) is 10.7. The quantitative estimate of drug-likeness (QED) is 0.690. The van der Waals surface area contributed by atoms with E-state index in [0.717, 1.165) is 5.69 Å². The van der Waals surface area contributed by atoms with Crippen LogP contribution in [0.4, 0.5) is 21.8 Å².